The minimum absolute atomic E-state index is 0.0152. The summed E-state index contributed by atoms with van der Waals surface area (Å²) in [4.78, 5) is 10.9. The van der Waals surface area contributed by atoms with Crippen LogP contribution in [0.2, 0.25) is 0 Å². The van der Waals surface area contributed by atoms with Gasteiger partial charge in [-0.3, -0.25) is 4.79 Å². The van der Waals surface area contributed by atoms with Gasteiger partial charge in [-0.2, -0.15) is 0 Å². The number of carbonyl (C=O) groups excluding carboxylic acids is 1. The minimum Gasteiger partial charge on any atom is -0.393 e. The van der Waals surface area contributed by atoms with Crippen LogP contribution in [0.1, 0.15) is 41.0 Å². The van der Waals surface area contributed by atoms with Gasteiger partial charge in [0.15, 0.2) is 5.78 Å². The van der Waals surface area contributed by atoms with Crippen molar-refractivity contribution >= 4 is 5.78 Å². The Labute approximate surface area is 145 Å². The molecule has 0 unspecified atom stereocenters. The van der Waals surface area contributed by atoms with Crippen LogP contribution in [0.4, 0.5) is 0 Å². The summed E-state index contributed by atoms with van der Waals surface area (Å²) in [6.45, 7) is 8.79. The van der Waals surface area contributed by atoms with Crippen LogP contribution in [0.25, 0.3) is 0 Å². The van der Waals surface area contributed by atoms with Crippen LogP contribution in [0.5, 0.6) is 0 Å². The molecule has 4 nitrogen and oxygen atoms in total. The number of ketones is 1. The number of allylic oxidation sites excluding steroid dienone is 9. The summed E-state index contributed by atoms with van der Waals surface area (Å²) in [6.07, 6.45) is 9.91. The van der Waals surface area contributed by atoms with E-state index in [4.69, 9.17) is 0 Å². The van der Waals surface area contributed by atoms with E-state index in [0.717, 1.165) is 16.7 Å². The van der Waals surface area contributed by atoms with E-state index >= 15 is 0 Å². The van der Waals surface area contributed by atoms with Crippen LogP contribution in [0, 0.1) is 0 Å². The van der Waals surface area contributed by atoms with Crippen molar-refractivity contribution in [2.75, 3.05) is 0 Å². The van der Waals surface area contributed by atoms with Crippen molar-refractivity contribution in [3.8, 4) is 0 Å². The highest BCUT2D eigenvalue weighted by Gasteiger charge is 2.15. The smallest absolute Gasteiger partial charge is 0.152 e. The van der Waals surface area contributed by atoms with E-state index in [1.807, 2.05) is 45.1 Å². The Bertz CT molecular complexity index is 548. The molecule has 4 heteroatoms. The lowest BCUT2D eigenvalue weighted by molar-refractivity contribution is -0.112. The first-order valence-corrected chi connectivity index (χ1v) is 8.06. The molecule has 0 saturated carbocycles. The molecule has 0 fully saturated rings. The van der Waals surface area contributed by atoms with Gasteiger partial charge in [-0.25, -0.2) is 0 Å². The molecule has 0 aliphatic heterocycles. The molecule has 0 radical (unpaired) electrons. The van der Waals surface area contributed by atoms with Crippen LogP contribution < -0.4 is 0 Å². The summed E-state index contributed by atoms with van der Waals surface area (Å²) >= 11 is 0. The maximum atomic E-state index is 10.9. The average molecular weight is 334 g/mol. The molecule has 3 atom stereocenters. The van der Waals surface area contributed by atoms with E-state index < -0.39 is 18.3 Å². The van der Waals surface area contributed by atoms with Crippen molar-refractivity contribution in [2.45, 2.75) is 59.4 Å². The zero-order valence-corrected chi connectivity index (χ0v) is 15.2. The fourth-order valence-corrected chi connectivity index (χ4v) is 1.98. The topological polar surface area (TPSA) is 77.8 Å². The van der Waals surface area contributed by atoms with Crippen LogP contribution in [0.3, 0.4) is 0 Å². The van der Waals surface area contributed by atoms with Gasteiger partial charge < -0.3 is 15.3 Å². The second-order valence-corrected chi connectivity index (χ2v) is 6.16. The molecule has 0 amide bonds. The highest BCUT2D eigenvalue weighted by atomic mass is 16.3. The Morgan fingerprint density at radius 2 is 1.54 bits per heavy atom. The van der Waals surface area contributed by atoms with Crippen molar-refractivity contribution < 1.29 is 20.1 Å². The molecule has 0 saturated heterocycles. The summed E-state index contributed by atoms with van der Waals surface area (Å²) in [6, 6.07) is 0. The molecule has 0 aromatic carbocycles. The Morgan fingerprint density at radius 1 is 0.917 bits per heavy atom. The first-order chi connectivity index (χ1) is 11.1. The lowest BCUT2D eigenvalue weighted by Gasteiger charge is -2.16. The van der Waals surface area contributed by atoms with Gasteiger partial charge >= 0.3 is 0 Å². The molecule has 0 rings (SSSR count). The van der Waals surface area contributed by atoms with Crippen LogP contribution in [-0.2, 0) is 4.79 Å². The number of hydrogen-bond donors (Lipinski definition) is 3. The number of carbonyl (C=O) groups is 1. The van der Waals surface area contributed by atoms with E-state index in [2.05, 4.69) is 0 Å². The fourth-order valence-electron chi connectivity index (χ4n) is 1.98. The first-order valence-electron chi connectivity index (χ1n) is 8.06. The van der Waals surface area contributed by atoms with Crippen molar-refractivity contribution in [3.05, 3.63) is 59.3 Å². The Morgan fingerprint density at radius 3 is 2.08 bits per heavy atom. The number of aliphatic hydroxyl groups is 3. The third kappa shape index (κ3) is 11.8. The van der Waals surface area contributed by atoms with Crippen LogP contribution in [-0.4, -0.2) is 39.4 Å². The molecule has 24 heavy (non-hydrogen) atoms. The molecule has 3 N–H and O–H groups in total. The molecular weight excluding hydrogens is 304 g/mol. The van der Waals surface area contributed by atoms with Crippen molar-refractivity contribution in [1.29, 1.82) is 0 Å². The van der Waals surface area contributed by atoms with E-state index in [0.29, 0.717) is 0 Å². The second kappa shape index (κ2) is 11.7. The Hall–Kier alpha value is -1.75. The molecule has 0 aliphatic carbocycles. The van der Waals surface area contributed by atoms with E-state index in [-0.39, 0.29) is 12.2 Å². The van der Waals surface area contributed by atoms with E-state index in [9.17, 15) is 20.1 Å². The van der Waals surface area contributed by atoms with Crippen molar-refractivity contribution in [1.82, 2.24) is 0 Å². The third-order valence-corrected chi connectivity index (χ3v) is 3.16. The monoisotopic (exact) mass is 334 g/mol. The maximum absolute atomic E-state index is 10.9. The van der Waals surface area contributed by atoms with Gasteiger partial charge in [0.1, 0.15) is 0 Å². The van der Waals surface area contributed by atoms with Gasteiger partial charge in [-0.15, -0.1) is 0 Å². The molecule has 0 heterocycles. The van der Waals surface area contributed by atoms with Gasteiger partial charge in [-0.05, 0) is 40.7 Å². The highest BCUT2D eigenvalue weighted by molar-refractivity contribution is 5.87. The minimum atomic E-state index is -1.01. The summed E-state index contributed by atoms with van der Waals surface area (Å²) in [5, 5.41) is 28.8. The summed E-state index contributed by atoms with van der Waals surface area (Å²) < 4.78 is 0. The van der Waals surface area contributed by atoms with Gasteiger partial charge in [0.05, 0.1) is 18.3 Å². The lowest BCUT2D eigenvalue weighted by atomic mass is 10.0. The molecule has 0 bridgehead atoms. The third-order valence-electron chi connectivity index (χ3n) is 3.16. The van der Waals surface area contributed by atoms with Gasteiger partial charge in [-0.1, -0.05) is 53.2 Å². The highest BCUT2D eigenvalue weighted by Crippen LogP contribution is 2.08. The normalized spacial score (nSPS) is 18.2. The predicted octanol–water partition coefficient (Wildman–Crippen LogP) is 3.02. The molecule has 0 aromatic heterocycles. The lowest BCUT2D eigenvalue weighted by Crippen LogP contribution is -2.27. The van der Waals surface area contributed by atoms with Crippen molar-refractivity contribution in [2.24, 2.45) is 0 Å². The number of aliphatic hydroxyl groups excluding tert-OH is 3. The van der Waals surface area contributed by atoms with Gasteiger partial charge in [0.2, 0.25) is 0 Å². The Balaban J connectivity index is 4.74. The van der Waals surface area contributed by atoms with Gasteiger partial charge in [0.25, 0.3) is 0 Å². The molecule has 134 valence electrons. The second-order valence-electron chi connectivity index (χ2n) is 6.16. The molecule has 0 spiro atoms. The predicted molar refractivity (Wildman–Crippen MR) is 98.5 cm³/mol. The van der Waals surface area contributed by atoms with E-state index in [1.54, 1.807) is 19.1 Å². The number of rotatable bonds is 9. The van der Waals surface area contributed by atoms with Crippen LogP contribution in [0.15, 0.2) is 59.3 Å². The Kier molecular flexibility index (Phi) is 10.9. The van der Waals surface area contributed by atoms with E-state index in [1.165, 1.54) is 13.0 Å². The fraction of sp³-hybridized carbons (Fsp3) is 0.450. The largest absolute Gasteiger partial charge is 0.393 e. The molecule has 0 aliphatic rings. The van der Waals surface area contributed by atoms with Crippen molar-refractivity contribution in [3.63, 3.8) is 0 Å². The number of hydrogen-bond acceptors (Lipinski definition) is 4. The maximum Gasteiger partial charge on any atom is 0.152 e. The standard InChI is InChI=1S/C20H30O4/c1-14(11-16(3)9-10-17(4)21)7-6-8-15(2)12-19(23)20(24)13-18(5)22/h6-12,18-20,22-24H,13H2,1-5H3/b8-6+,10-9+,14-7+,15-12+,16-11+/t18-,19-,20-/m1/s1. The molecule has 0 aromatic rings. The average Bonchev–Trinajstić information content (AvgIpc) is 2.44. The summed E-state index contributed by atoms with van der Waals surface area (Å²) in [5.41, 5.74) is 2.82. The zero-order chi connectivity index (χ0) is 18.7. The van der Waals surface area contributed by atoms with Crippen LogP contribution >= 0.6 is 0 Å². The quantitative estimate of drug-likeness (QED) is 0.447. The zero-order valence-electron chi connectivity index (χ0n) is 15.2. The summed E-state index contributed by atoms with van der Waals surface area (Å²) in [5.74, 6) is 0.0152. The van der Waals surface area contributed by atoms with Gasteiger partial charge in [0, 0.05) is 6.42 Å². The first kappa shape index (κ1) is 22.2. The molecular formula is C20H30O4. The SMILES string of the molecule is CC(=O)/C=C/C(C)=C/C(C)=C/C=C/C(C)=C/[C@@H](O)[C@H](O)C[C@@H](C)O. The summed E-state index contributed by atoms with van der Waals surface area (Å²) in [7, 11) is 0.